The highest BCUT2D eigenvalue weighted by Gasteiger charge is 2.12. The first-order chi connectivity index (χ1) is 12.5. The van der Waals surface area contributed by atoms with Gasteiger partial charge in [0.2, 0.25) is 5.91 Å². The molecule has 0 bridgehead atoms. The van der Waals surface area contributed by atoms with Gasteiger partial charge in [-0.1, -0.05) is 37.3 Å². The van der Waals surface area contributed by atoms with Gasteiger partial charge in [-0.05, 0) is 48.1 Å². The van der Waals surface area contributed by atoms with Crippen molar-refractivity contribution >= 4 is 11.9 Å². The Labute approximate surface area is 154 Å². The number of aromatic carboxylic acids is 1. The summed E-state index contributed by atoms with van der Waals surface area (Å²) in [5, 5.41) is 11.9. The number of benzene rings is 2. The van der Waals surface area contributed by atoms with E-state index in [0.29, 0.717) is 19.4 Å². The number of hydrogen-bond acceptors (Lipinski definition) is 3. The number of rotatable bonds is 9. The van der Waals surface area contributed by atoms with E-state index in [9.17, 15) is 9.59 Å². The summed E-state index contributed by atoms with van der Waals surface area (Å²) >= 11 is 0. The van der Waals surface area contributed by atoms with Gasteiger partial charge in [0.15, 0.2) is 0 Å². The zero-order valence-corrected chi connectivity index (χ0v) is 15.2. The Morgan fingerprint density at radius 3 is 2.65 bits per heavy atom. The first kappa shape index (κ1) is 19.5. The van der Waals surface area contributed by atoms with Crippen LogP contribution in [0.25, 0.3) is 0 Å². The molecule has 2 N–H and O–H groups in total. The molecule has 0 saturated heterocycles. The molecule has 0 aliphatic heterocycles. The number of ether oxygens (including phenoxy) is 1. The van der Waals surface area contributed by atoms with Crippen LogP contribution in [0.5, 0.6) is 5.75 Å². The molecule has 2 rings (SSSR count). The molecule has 0 heterocycles. The Hall–Kier alpha value is -2.82. The van der Waals surface area contributed by atoms with E-state index in [-0.39, 0.29) is 17.4 Å². The maximum absolute atomic E-state index is 12.1. The Kier molecular flexibility index (Phi) is 7.21. The molecule has 2 aromatic rings. The van der Waals surface area contributed by atoms with E-state index in [4.69, 9.17) is 9.84 Å². The molecule has 0 aliphatic rings. The highest BCUT2D eigenvalue weighted by molar-refractivity contribution is 5.87. The van der Waals surface area contributed by atoms with Gasteiger partial charge in [-0.25, -0.2) is 4.79 Å². The van der Waals surface area contributed by atoms with Gasteiger partial charge >= 0.3 is 5.97 Å². The average Bonchev–Trinajstić information content (AvgIpc) is 2.62. The molecule has 1 amide bonds. The van der Waals surface area contributed by atoms with Gasteiger partial charge < -0.3 is 15.2 Å². The zero-order valence-electron chi connectivity index (χ0n) is 15.2. The maximum Gasteiger partial charge on any atom is 0.335 e. The second-order valence-corrected chi connectivity index (χ2v) is 6.43. The number of carboxylic acids is 1. The number of hydrogen-bond donors (Lipinski definition) is 2. The van der Waals surface area contributed by atoms with Gasteiger partial charge in [0.25, 0.3) is 0 Å². The Balaban J connectivity index is 1.78. The van der Waals surface area contributed by atoms with Crippen LogP contribution in [0.3, 0.4) is 0 Å². The molecule has 138 valence electrons. The summed E-state index contributed by atoms with van der Waals surface area (Å²) in [4.78, 5) is 23.1. The predicted molar refractivity (Wildman–Crippen MR) is 101 cm³/mol. The fourth-order valence-electron chi connectivity index (χ4n) is 2.91. The normalized spacial score (nSPS) is 11.6. The topological polar surface area (TPSA) is 75.6 Å². The minimum atomic E-state index is -0.943. The number of amides is 1. The molecule has 0 radical (unpaired) electrons. The van der Waals surface area contributed by atoms with Gasteiger partial charge in [0.05, 0.1) is 12.7 Å². The lowest BCUT2D eigenvalue weighted by Gasteiger charge is -2.14. The van der Waals surface area contributed by atoms with Crippen LogP contribution in [0.1, 0.15) is 34.8 Å². The van der Waals surface area contributed by atoms with Gasteiger partial charge in [0, 0.05) is 13.0 Å². The standard InChI is InChI=1S/C21H25NO4/c1-15(12-17-7-3-4-9-19(17)26-2)13-20(23)22-11-10-16-6-5-8-18(14-16)21(24)25/h3-9,14-15H,10-13H2,1-2H3,(H,22,23)(H,24,25). The largest absolute Gasteiger partial charge is 0.496 e. The highest BCUT2D eigenvalue weighted by Crippen LogP contribution is 2.22. The second kappa shape index (κ2) is 9.61. The van der Waals surface area contributed by atoms with E-state index in [1.807, 2.05) is 37.3 Å². The summed E-state index contributed by atoms with van der Waals surface area (Å²) < 4.78 is 5.35. The van der Waals surface area contributed by atoms with Crippen molar-refractivity contribution < 1.29 is 19.4 Å². The Bertz CT molecular complexity index is 757. The molecule has 0 fully saturated rings. The number of carboxylic acid groups (broad SMARTS) is 1. The van der Waals surface area contributed by atoms with Gasteiger partial charge in [0.1, 0.15) is 5.75 Å². The molecule has 0 saturated carbocycles. The van der Waals surface area contributed by atoms with Crippen LogP contribution in [0.15, 0.2) is 48.5 Å². The lowest BCUT2D eigenvalue weighted by molar-refractivity contribution is -0.121. The maximum atomic E-state index is 12.1. The van der Waals surface area contributed by atoms with Crippen LogP contribution in [0, 0.1) is 5.92 Å². The quantitative estimate of drug-likeness (QED) is 0.723. The SMILES string of the molecule is COc1ccccc1CC(C)CC(=O)NCCc1cccc(C(=O)O)c1. The molecule has 1 atom stereocenters. The van der Waals surface area contributed by atoms with Crippen molar-refractivity contribution in [2.24, 2.45) is 5.92 Å². The molecule has 1 unspecified atom stereocenters. The van der Waals surface area contributed by atoms with Crippen molar-refractivity contribution in [3.05, 3.63) is 65.2 Å². The van der Waals surface area contributed by atoms with E-state index in [1.165, 1.54) is 0 Å². The molecule has 5 heteroatoms. The first-order valence-electron chi connectivity index (χ1n) is 8.70. The van der Waals surface area contributed by atoms with Crippen LogP contribution in [0.4, 0.5) is 0 Å². The third-order valence-electron chi connectivity index (χ3n) is 4.20. The zero-order chi connectivity index (χ0) is 18.9. The van der Waals surface area contributed by atoms with Crippen LogP contribution < -0.4 is 10.1 Å². The molecule has 2 aromatic carbocycles. The van der Waals surface area contributed by atoms with Crippen molar-refractivity contribution in [2.45, 2.75) is 26.2 Å². The number of methoxy groups -OCH3 is 1. The number of carbonyl (C=O) groups is 2. The third-order valence-corrected chi connectivity index (χ3v) is 4.20. The summed E-state index contributed by atoms with van der Waals surface area (Å²) in [6, 6.07) is 14.6. The molecule has 0 aromatic heterocycles. The summed E-state index contributed by atoms with van der Waals surface area (Å²) in [5.41, 5.74) is 2.26. The van der Waals surface area contributed by atoms with Crippen LogP contribution >= 0.6 is 0 Å². The second-order valence-electron chi connectivity index (χ2n) is 6.43. The smallest absolute Gasteiger partial charge is 0.335 e. The van der Waals surface area contributed by atoms with Gasteiger partial charge in [-0.3, -0.25) is 4.79 Å². The van der Waals surface area contributed by atoms with E-state index in [2.05, 4.69) is 5.32 Å². The lowest BCUT2D eigenvalue weighted by atomic mass is 9.97. The van der Waals surface area contributed by atoms with Crippen molar-refractivity contribution in [2.75, 3.05) is 13.7 Å². The van der Waals surface area contributed by atoms with Crippen molar-refractivity contribution in [3.63, 3.8) is 0 Å². The monoisotopic (exact) mass is 355 g/mol. The molecule has 0 spiro atoms. The van der Waals surface area contributed by atoms with Crippen molar-refractivity contribution in [3.8, 4) is 5.75 Å². The van der Waals surface area contributed by atoms with E-state index < -0.39 is 5.97 Å². The molecular weight excluding hydrogens is 330 g/mol. The molecular formula is C21H25NO4. The lowest BCUT2D eigenvalue weighted by Crippen LogP contribution is -2.27. The molecule has 5 nitrogen and oxygen atoms in total. The van der Waals surface area contributed by atoms with E-state index >= 15 is 0 Å². The van der Waals surface area contributed by atoms with Crippen LogP contribution in [0.2, 0.25) is 0 Å². The molecule has 26 heavy (non-hydrogen) atoms. The highest BCUT2D eigenvalue weighted by atomic mass is 16.5. The Morgan fingerprint density at radius 2 is 1.92 bits per heavy atom. The average molecular weight is 355 g/mol. The number of carbonyl (C=O) groups excluding carboxylic acids is 1. The number of para-hydroxylation sites is 1. The summed E-state index contributed by atoms with van der Waals surface area (Å²) in [6.45, 7) is 2.53. The summed E-state index contributed by atoms with van der Waals surface area (Å²) in [5.74, 6) is 0.0996. The fourth-order valence-corrected chi connectivity index (χ4v) is 2.91. The Morgan fingerprint density at radius 1 is 1.15 bits per heavy atom. The van der Waals surface area contributed by atoms with Gasteiger partial charge in [-0.15, -0.1) is 0 Å². The van der Waals surface area contributed by atoms with E-state index in [0.717, 1.165) is 23.3 Å². The fraction of sp³-hybridized carbons (Fsp3) is 0.333. The minimum Gasteiger partial charge on any atom is -0.496 e. The summed E-state index contributed by atoms with van der Waals surface area (Å²) in [6.07, 6.45) is 1.82. The summed E-state index contributed by atoms with van der Waals surface area (Å²) in [7, 11) is 1.65. The van der Waals surface area contributed by atoms with Crippen molar-refractivity contribution in [1.29, 1.82) is 0 Å². The van der Waals surface area contributed by atoms with Crippen LogP contribution in [-0.4, -0.2) is 30.6 Å². The third kappa shape index (κ3) is 5.92. The van der Waals surface area contributed by atoms with E-state index in [1.54, 1.807) is 25.3 Å². The van der Waals surface area contributed by atoms with Gasteiger partial charge in [-0.2, -0.15) is 0 Å². The van der Waals surface area contributed by atoms with Crippen LogP contribution in [-0.2, 0) is 17.6 Å². The molecule has 0 aliphatic carbocycles. The predicted octanol–water partition coefficient (Wildman–Crippen LogP) is 3.32. The van der Waals surface area contributed by atoms with Crippen molar-refractivity contribution in [1.82, 2.24) is 5.32 Å². The number of nitrogens with one attached hydrogen (secondary N) is 1. The minimum absolute atomic E-state index is 0.00165. The first-order valence-corrected chi connectivity index (χ1v) is 8.70.